The second kappa shape index (κ2) is 22.1. The Morgan fingerprint density at radius 3 is 1.57 bits per heavy atom. The van der Waals surface area contributed by atoms with E-state index in [0.29, 0.717) is 19.3 Å². The lowest BCUT2D eigenvalue weighted by Crippen LogP contribution is -2.69. The summed E-state index contributed by atoms with van der Waals surface area (Å²) in [6.45, 7) is 21.8. The molecule has 432 valence electrons. The molecule has 2 saturated heterocycles. The lowest BCUT2D eigenvalue weighted by atomic mass is 9.33. The molecule has 4 unspecified atom stereocenters. The smallest absolute Gasteiger partial charge is 0.317 e. The summed E-state index contributed by atoms with van der Waals surface area (Å²) in [7, 11) is 0. The number of hydrogen-bond donors (Lipinski definition) is 2. The molecular weight excluding hydrogens is 1010 g/mol. The van der Waals surface area contributed by atoms with Gasteiger partial charge in [0.25, 0.3) is 0 Å². The Bertz CT molecular complexity index is 2340. The van der Waals surface area contributed by atoms with Crippen LogP contribution in [-0.4, -0.2) is 145 Å². The van der Waals surface area contributed by atoms with Crippen molar-refractivity contribution >= 4 is 47.8 Å². The van der Waals surface area contributed by atoms with Crippen LogP contribution in [0, 0.1) is 50.2 Å². The molecule has 0 spiro atoms. The maximum atomic E-state index is 15.7. The third-order valence-electron chi connectivity index (χ3n) is 19.2. The Kier molecular flexibility index (Phi) is 17.2. The fourth-order valence-electron chi connectivity index (χ4n) is 15.5. The van der Waals surface area contributed by atoms with Gasteiger partial charge >= 0.3 is 47.8 Å². The van der Waals surface area contributed by atoms with Crippen LogP contribution in [0.1, 0.15) is 155 Å². The van der Waals surface area contributed by atoms with Crippen molar-refractivity contribution in [3.05, 3.63) is 11.6 Å². The topological polar surface area (TPSA) is 279 Å². The van der Waals surface area contributed by atoms with Gasteiger partial charge in [-0.05, 0) is 103 Å². The van der Waals surface area contributed by atoms with E-state index >= 15 is 4.79 Å². The number of carbonyl (C=O) groups is 8. The highest BCUT2D eigenvalue weighted by atomic mass is 16.8. The van der Waals surface area contributed by atoms with Crippen LogP contribution in [0.5, 0.6) is 0 Å². The predicted molar refractivity (Wildman–Crippen MR) is 266 cm³/mol. The van der Waals surface area contributed by atoms with E-state index in [1.54, 1.807) is 0 Å². The van der Waals surface area contributed by atoms with Gasteiger partial charge in [0, 0.05) is 48.5 Å². The Morgan fingerprint density at radius 1 is 0.532 bits per heavy atom. The second-order valence-electron chi connectivity index (χ2n) is 24.9. The van der Waals surface area contributed by atoms with E-state index in [9.17, 15) is 43.8 Å². The molecule has 0 aromatic carbocycles. The van der Waals surface area contributed by atoms with Crippen LogP contribution < -0.4 is 0 Å². The molecule has 21 heteroatoms. The molecule has 6 fully saturated rings. The standard InChI is InChI=1S/C56H82O21/c1-27(57)67-25-36-42(69-29(3)59)44(70-30(4)60)46(72-32(6)62)48(74-36)76-43-37(26-68-28(2)58)75-49(47(73-33(7)63)45(43)71-31(5)61)77-50(66)56-22-21-51(8,9)23-35(56)34-15-16-39-53(12)19-18-40(64)52(10,11)38(53)17-20-54(39,13)55(34,14)24-41(56)65/h15,35-49,64-65H,16-26H2,1-14H3/t35?,36-,37-,38?,39?,40-,41+,42+,43-,44+,45+,46-,47-,48+,49?,53-,54+,55+,56+/m0/s1. The molecule has 2 N–H and O–H groups in total. The molecule has 0 radical (unpaired) electrons. The van der Waals surface area contributed by atoms with E-state index in [0.717, 1.165) is 79.7 Å². The van der Waals surface area contributed by atoms with E-state index in [1.807, 2.05) is 0 Å². The largest absolute Gasteiger partial charge is 0.463 e. The number of rotatable bonds is 13. The Labute approximate surface area is 450 Å². The summed E-state index contributed by atoms with van der Waals surface area (Å²) >= 11 is 0. The number of ether oxygens (including phenoxy) is 11. The molecule has 4 saturated carbocycles. The van der Waals surface area contributed by atoms with Gasteiger partial charge in [-0.3, -0.25) is 38.4 Å². The molecule has 7 aliphatic rings. The minimum Gasteiger partial charge on any atom is -0.463 e. The van der Waals surface area contributed by atoms with Crippen LogP contribution in [0.3, 0.4) is 0 Å². The fourth-order valence-corrected chi connectivity index (χ4v) is 15.5. The lowest BCUT2D eigenvalue weighted by molar-refractivity contribution is -0.359. The Morgan fingerprint density at radius 2 is 1.03 bits per heavy atom. The third kappa shape index (κ3) is 11.3. The first-order valence-corrected chi connectivity index (χ1v) is 27.1. The molecule has 21 nitrogen and oxygen atoms in total. The summed E-state index contributed by atoms with van der Waals surface area (Å²) in [4.78, 5) is 105. The number of fused-ring (bicyclic) bond motifs is 7. The summed E-state index contributed by atoms with van der Waals surface area (Å²) in [5.41, 5.74) is -1.94. The lowest BCUT2D eigenvalue weighted by Gasteiger charge is -2.71. The van der Waals surface area contributed by atoms with Gasteiger partial charge in [0.05, 0.1) is 12.2 Å². The zero-order valence-corrected chi connectivity index (χ0v) is 47.2. The summed E-state index contributed by atoms with van der Waals surface area (Å²) in [6.07, 6.45) is -11.1. The quantitative estimate of drug-likeness (QED) is 0.135. The molecule has 2 aliphatic heterocycles. The fraction of sp³-hybridized carbons (Fsp3) is 0.821. The zero-order chi connectivity index (χ0) is 57.1. The van der Waals surface area contributed by atoms with Crippen LogP contribution in [0.2, 0.25) is 0 Å². The van der Waals surface area contributed by atoms with Gasteiger partial charge in [-0.2, -0.15) is 0 Å². The molecule has 0 aromatic heterocycles. The normalized spacial score (nSPS) is 41.6. The minimum atomic E-state index is -1.92. The van der Waals surface area contributed by atoms with Crippen molar-refractivity contribution in [1.29, 1.82) is 0 Å². The maximum Gasteiger partial charge on any atom is 0.317 e. The summed E-state index contributed by atoms with van der Waals surface area (Å²) < 4.78 is 64.9. The van der Waals surface area contributed by atoms with Crippen molar-refractivity contribution in [1.82, 2.24) is 0 Å². The average Bonchev–Trinajstić information content (AvgIpc) is 3.45. The van der Waals surface area contributed by atoms with Crippen LogP contribution in [0.15, 0.2) is 11.6 Å². The molecule has 5 aliphatic carbocycles. The molecule has 19 atom stereocenters. The van der Waals surface area contributed by atoms with Crippen LogP contribution in [0.4, 0.5) is 0 Å². The van der Waals surface area contributed by atoms with Gasteiger partial charge in [0.15, 0.2) is 30.7 Å². The predicted octanol–water partition coefficient (Wildman–Crippen LogP) is 5.28. The molecule has 2 heterocycles. The summed E-state index contributed by atoms with van der Waals surface area (Å²) in [6, 6.07) is 0. The van der Waals surface area contributed by atoms with Crippen molar-refractivity contribution < 1.29 is 101 Å². The van der Waals surface area contributed by atoms with E-state index < -0.39 is 151 Å². The van der Waals surface area contributed by atoms with Crippen LogP contribution in [0.25, 0.3) is 0 Å². The molecule has 0 amide bonds. The Hall–Kier alpha value is -4.70. The first-order valence-electron chi connectivity index (χ1n) is 27.1. The number of allylic oxidation sites excluding steroid dienone is 2. The Balaban J connectivity index is 1.29. The van der Waals surface area contributed by atoms with Gasteiger partial charge < -0.3 is 62.3 Å². The van der Waals surface area contributed by atoms with Crippen molar-refractivity contribution in [2.24, 2.45) is 50.2 Å². The van der Waals surface area contributed by atoms with Crippen LogP contribution >= 0.6 is 0 Å². The molecule has 77 heavy (non-hydrogen) atoms. The zero-order valence-electron chi connectivity index (χ0n) is 47.2. The van der Waals surface area contributed by atoms with Crippen molar-refractivity contribution in [3.8, 4) is 0 Å². The maximum absolute atomic E-state index is 15.7. The number of aliphatic hydroxyl groups is 2. The van der Waals surface area contributed by atoms with Crippen LogP contribution in [-0.2, 0) is 90.5 Å². The highest BCUT2D eigenvalue weighted by Crippen LogP contribution is 2.76. The summed E-state index contributed by atoms with van der Waals surface area (Å²) in [5, 5.41) is 24.3. The highest BCUT2D eigenvalue weighted by molar-refractivity contribution is 5.80. The number of esters is 8. The highest BCUT2D eigenvalue weighted by Gasteiger charge is 2.72. The monoisotopic (exact) mass is 1090 g/mol. The van der Waals surface area contributed by atoms with E-state index in [4.69, 9.17) is 52.1 Å². The van der Waals surface area contributed by atoms with Gasteiger partial charge in [-0.1, -0.05) is 60.1 Å². The van der Waals surface area contributed by atoms with Crippen molar-refractivity contribution in [2.45, 2.75) is 228 Å². The summed E-state index contributed by atoms with van der Waals surface area (Å²) in [5.74, 6) is -7.11. The second-order valence-corrected chi connectivity index (χ2v) is 24.9. The molecule has 0 aromatic rings. The van der Waals surface area contributed by atoms with Gasteiger partial charge in [0.2, 0.25) is 12.4 Å². The number of carbonyl (C=O) groups excluding carboxylic acids is 8. The van der Waals surface area contributed by atoms with Gasteiger partial charge in [-0.15, -0.1) is 0 Å². The third-order valence-corrected chi connectivity index (χ3v) is 19.2. The number of hydrogen-bond acceptors (Lipinski definition) is 21. The van der Waals surface area contributed by atoms with Gasteiger partial charge in [-0.25, -0.2) is 0 Å². The molecule has 7 rings (SSSR count). The first kappa shape index (κ1) is 60.0. The SMILES string of the molecule is CC(=O)OC[C@@H]1OC(OC(=O)[C@]23CCC(C)(C)CC2C2=CCC4[C@@]5(C)CC[C@H](O)C(C)(C)C5CC[C@@]4(C)[C@]2(C)C[C@H]3O)[C@@H](OC(C)=O)[C@H](OC(C)=O)[C@H]1O[C@H]1O[C@@H](COC(C)=O)[C@@H](OC(C)=O)[C@@H](OC(C)=O)[C@@H]1OC(C)=O. The average molecular weight is 1090 g/mol. The molecular formula is C56H82O21. The van der Waals surface area contributed by atoms with E-state index in [-0.39, 0.29) is 46.3 Å². The van der Waals surface area contributed by atoms with E-state index in [2.05, 4.69) is 54.5 Å². The van der Waals surface area contributed by atoms with Gasteiger partial charge in [0.1, 0.15) is 36.9 Å². The van der Waals surface area contributed by atoms with Crippen molar-refractivity contribution in [2.75, 3.05) is 13.2 Å². The van der Waals surface area contributed by atoms with E-state index in [1.165, 1.54) is 0 Å². The first-order chi connectivity index (χ1) is 35.7. The van der Waals surface area contributed by atoms with Crippen molar-refractivity contribution in [3.63, 3.8) is 0 Å². The minimum absolute atomic E-state index is 0.0930. The number of aliphatic hydroxyl groups excluding tert-OH is 2. The molecule has 0 bridgehead atoms.